The van der Waals surface area contributed by atoms with Gasteiger partial charge in [0.05, 0.1) is 5.92 Å². The fourth-order valence-electron chi connectivity index (χ4n) is 2.86. The molecular formula is C21H35N3O9S. The number of carboxylic acid groups (broad SMARTS) is 3. The Hall–Kier alpha value is -2.67. The van der Waals surface area contributed by atoms with Crippen molar-refractivity contribution in [3.8, 4) is 0 Å². The number of rotatable bonds is 20. The summed E-state index contributed by atoms with van der Waals surface area (Å²) in [4.78, 5) is 69.7. The third-order valence-corrected chi connectivity index (χ3v) is 6.03. The summed E-state index contributed by atoms with van der Waals surface area (Å²) in [7, 11) is 0. The van der Waals surface area contributed by atoms with Crippen molar-refractivity contribution in [1.29, 1.82) is 0 Å². The Morgan fingerprint density at radius 1 is 0.912 bits per heavy atom. The lowest BCUT2D eigenvalue weighted by Crippen LogP contribution is -2.41. The largest absolute Gasteiger partial charge is 0.480 e. The fourth-order valence-corrected chi connectivity index (χ4v) is 3.95. The van der Waals surface area contributed by atoms with Gasteiger partial charge in [-0.3, -0.25) is 24.0 Å². The van der Waals surface area contributed by atoms with Gasteiger partial charge in [0, 0.05) is 30.8 Å². The minimum absolute atomic E-state index is 0.0163. The van der Waals surface area contributed by atoms with E-state index in [-0.39, 0.29) is 37.2 Å². The van der Waals surface area contributed by atoms with Crippen LogP contribution in [0, 0.1) is 5.92 Å². The van der Waals surface area contributed by atoms with Gasteiger partial charge >= 0.3 is 17.9 Å². The highest BCUT2D eigenvalue weighted by Crippen LogP contribution is 2.16. The zero-order valence-electron chi connectivity index (χ0n) is 19.3. The molecule has 34 heavy (non-hydrogen) atoms. The van der Waals surface area contributed by atoms with Gasteiger partial charge in [0.15, 0.2) is 0 Å². The van der Waals surface area contributed by atoms with Crippen LogP contribution in [-0.4, -0.2) is 81.0 Å². The Bertz CT molecular complexity index is 718. The van der Waals surface area contributed by atoms with Crippen LogP contribution < -0.4 is 16.4 Å². The molecule has 0 aromatic heterocycles. The second-order valence-corrected chi connectivity index (χ2v) is 8.92. The SMILES string of the molecule is CCCCCCC(=O)N[C@H](CCC(=O)C[C@H](CSC[C@H](N)C(=O)O)C(=O)NCC(=O)O)C(=O)O. The van der Waals surface area contributed by atoms with E-state index in [2.05, 4.69) is 10.6 Å². The molecule has 0 aliphatic rings. The van der Waals surface area contributed by atoms with Gasteiger partial charge in [-0.25, -0.2) is 4.79 Å². The molecule has 0 saturated carbocycles. The van der Waals surface area contributed by atoms with Gasteiger partial charge < -0.3 is 31.7 Å². The first-order valence-electron chi connectivity index (χ1n) is 11.1. The molecule has 0 aromatic rings. The Morgan fingerprint density at radius 2 is 1.59 bits per heavy atom. The monoisotopic (exact) mass is 505 g/mol. The number of nitrogens with two attached hydrogens (primary N) is 1. The summed E-state index contributed by atoms with van der Waals surface area (Å²) in [5.74, 6) is -6.25. The van der Waals surface area contributed by atoms with E-state index in [0.29, 0.717) is 6.42 Å². The third-order valence-electron chi connectivity index (χ3n) is 4.79. The van der Waals surface area contributed by atoms with E-state index >= 15 is 0 Å². The number of unbranched alkanes of at least 4 members (excludes halogenated alkanes) is 3. The minimum Gasteiger partial charge on any atom is -0.480 e. The quantitative estimate of drug-likeness (QED) is 0.123. The van der Waals surface area contributed by atoms with Crippen LogP contribution in [0.4, 0.5) is 0 Å². The van der Waals surface area contributed by atoms with E-state index in [1.165, 1.54) is 0 Å². The Morgan fingerprint density at radius 3 is 2.15 bits per heavy atom. The number of thioether (sulfide) groups is 1. The van der Waals surface area contributed by atoms with Crippen LogP contribution in [0.1, 0.15) is 58.3 Å². The number of aliphatic carboxylic acids is 3. The van der Waals surface area contributed by atoms with E-state index in [1.807, 2.05) is 6.92 Å². The lowest BCUT2D eigenvalue weighted by Gasteiger charge is -2.17. The first kappa shape index (κ1) is 31.3. The van der Waals surface area contributed by atoms with Crippen molar-refractivity contribution in [2.24, 2.45) is 11.7 Å². The molecule has 2 amide bonds. The van der Waals surface area contributed by atoms with Crippen molar-refractivity contribution in [3.05, 3.63) is 0 Å². The molecular weight excluding hydrogens is 470 g/mol. The van der Waals surface area contributed by atoms with E-state index in [4.69, 9.17) is 15.9 Å². The molecule has 0 spiro atoms. The van der Waals surface area contributed by atoms with E-state index in [0.717, 1.165) is 31.0 Å². The zero-order chi connectivity index (χ0) is 26.1. The predicted molar refractivity (Wildman–Crippen MR) is 124 cm³/mol. The van der Waals surface area contributed by atoms with E-state index < -0.39 is 60.1 Å². The minimum atomic E-state index is -1.27. The molecule has 0 bridgehead atoms. The molecule has 0 saturated heterocycles. The number of carbonyl (C=O) groups is 6. The maximum atomic E-state index is 12.4. The van der Waals surface area contributed by atoms with E-state index in [9.17, 15) is 33.9 Å². The van der Waals surface area contributed by atoms with Crippen LogP contribution in [0.5, 0.6) is 0 Å². The molecule has 0 aliphatic heterocycles. The Balaban J connectivity index is 4.83. The fraction of sp³-hybridized carbons (Fsp3) is 0.714. The normalized spacial score (nSPS) is 13.4. The van der Waals surface area contributed by atoms with Gasteiger partial charge in [-0.1, -0.05) is 26.2 Å². The summed E-state index contributed by atoms with van der Waals surface area (Å²) < 4.78 is 0. The summed E-state index contributed by atoms with van der Waals surface area (Å²) in [5, 5.41) is 31.5. The molecule has 7 N–H and O–H groups in total. The number of hydrogen-bond donors (Lipinski definition) is 6. The first-order chi connectivity index (χ1) is 16.0. The number of hydrogen-bond acceptors (Lipinski definition) is 8. The topological polar surface area (TPSA) is 213 Å². The highest BCUT2D eigenvalue weighted by molar-refractivity contribution is 7.99. The van der Waals surface area contributed by atoms with Gasteiger partial charge in [0.25, 0.3) is 0 Å². The summed E-state index contributed by atoms with van der Waals surface area (Å²) in [6, 6.07) is -2.41. The van der Waals surface area contributed by atoms with E-state index in [1.54, 1.807) is 0 Å². The summed E-state index contributed by atoms with van der Waals surface area (Å²) >= 11 is 1.03. The van der Waals surface area contributed by atoms with Crippen LogP contribution in [0.2, 0.25) is 0 Å². The van der Waals surface area contributed by atoms with Crippen molar-refractivity contribution in [3.63, 3.8) is 0 Å². The Labute approximate surface area is 202 Å². The van der Waals surface area contributed by atoms with Gasteiger partial charge in [0.1, 0.15) is 24.4 Å². The summed E-state index contributed by atoms with van der Waals surface area (Å²) in [5.41, 5.74) is 5.42. The molecule has 0 radical (unpaired) electrons. The number of carboxylic acids is 3. The van der Waals surface area contributed by atoms with Crippen LogP contribution in [0.3, 0.4) is 0 Å². The van der Waals surface area contributed by atoms with Crippen LogP contribution in [-0.2, 0) is 28.8 Å². The molecule has 0 aromatic carbocycles. The number of carbonyl (C=O) groups excluding carboxylic acids is 3. The van der Waals surface area contributed by atoms with Crippen molar-refractivity contribution >= 4 is 47.3 Å². The molecule has 0 unspecified atom stereocenters. The van der Waals surface area contributed by atoms with Crippen molar-refractivity contribution in [2.75, 3.05) is 18.1 Å². The standard InChI is InChI=1S/C21H35N3O9S/c1-2-3-4-5-6-17(26)24-16(21(32)33)8-7-14(25)9-13(19(29)23-10-18(27)28)11-34-12-15(22)20(30)31/h13,15-16H,2-12,22H2,1H3,(H,23,29)(H,24,26)(H,27,28)(H,30,31)(H,32,33)/t13-,15+,16-/m1/s1. The highest BCUT2D eigenvalue weighted by Gasteiger charge is 2.26. The number of amides is 2. The zero-order valence-corrected chi connectivity index (χ0v) is 20.1. The van der Waals surface area contributed by atoms with Crippen molar-refractivity contribution in [1.82, 2.24) is 10.6 Å². The number of ketones is 1. The molecule has 0 rings (SSSR count). The average Bonchev–Trinajstić information content (AvgIpc) is 2.76. The second-order valence-electron chi connectivity index (χ2n) is 7.84. The molecule has 12 nitrogen and oxygen atoms in total. The molecule has 194 valence electrons. The van der Waals surface area contributed by atoms with Crippen LogP contribution in [0.25, 0.3) is 0 Å². The predicted octanol–water partition coefficient (Wildman–Crippen LogP) is 0.228. The van der Waals surface area contributed by atoms with Gasteiger partial charge in [-0.15, -0.1) is 0 Å². The van der Waals surface area contributed by atoms with Crippen LogP contribution in [0.15, 0.2) is 0 Å². The summed E-state index contributed by atoms with van der Waals surface area (Å²) in [6.07, 6.45) is 3.01. The molecule has 0 fully saturated rings. The smallest absolute Gasteiger partial charge is 0.326 e. The molecule has 3 atom stereocenters. The average molecular weight is 506 g/mol. The maximum Gasteiger partial charge on any atom is 0.326 e. The number of Topliss-reactive ketones (excluding diaryl/α,β-unsaturated/α-hetero) is 1. The lowest BCUT2D eigenvalue weighted by atomic mass is 9.99. The lowest BCUT2D eigenvalue weighted by molar-refractivity contribution is -0.142. The molecule has 0 heterocycles. The van der Waals surface area contributed by atoms with Crippen LogP contribution >= 0.6 is 11.8 Å². The van der Waals surface area contributed by atoms with Crippen molar-refractivity contribution < 1.29 is 44.1 Å². The van der Waals surface area contributed by atoms with Gasteiger partial charge in [-0.2, -0.15) is 11.8 Å². The second kappa shape index (κ2) is 17.8. The number of nitrogens with one attached hydrogen (secondary N) is 2. The van der Waals surface area contributed by atoms with Gasteiger partial charge in [0.2, 0.25) is 11.8 Å². The third kappa shape index (κ3) is 15.2. The van der Waals surface area contributed by atoms with Gasteiger partial charge in [-0.05, 0) is 12.8 Å². The highest BCUT2D eigenvalue weighted by atomic mass is 32.2. The molecule has 0 aliphatic carbocycles. The first-order valence-corrected chi connectivity index (χ1v) is 12.2. The van der Waals surface area contributed by atoms with Crippen molar-refractivity contribution in [2.45, 2.75) is 70.4 Å². The Kier molecular flexibility index (Phi) is 16.4. The maximum absolute atomic E-state index is 12.4. The summed E-state index contributed by atoms with van der Waals surface area (Å²) in [6.45, 7) is 1.38. The molecule has 13 heteroatoms.